The second kappa shape index (κ2) is 5.09. The molecular weight excluding hydrogens is 369 g/mol. The van der Waals surface area contributed by atoms with E-state index in [0.717, 1.165) is 26.2 Å². The first kappa shape index (κ1) is 13.4. The fourth-order valence-corrected chi connectivity index (χ4v) is 4.01. The largest absolute Gasteiger partial charge is 0.325 e. The van der Waals surface area contributed by atoms with E-state index in [2.05, 4.69) is 21.2 Å². The highest BCUT2D eigenvalue weighted by Crippen LogP contribution is 2.40. The summed E-state index contributed by atoms with van der Waals surface area (Å²) in [6.07, 6.45) is 0.385. The van der Waals surface area contributed by atoms with Crippen LogP contribution in [0, 0.1) is 0 Å². The van der Waals surface area contributed by atoms with Crippen molar-refractivity contribution in [1.29, 1.82) is 0 Å². The minimum absolute atomic E-state index is 0.00684. The second-order valence-electron chi connectivity index (χ2n) is 4.30. The number of benzene rings is 1. The lowest BCUT2D eigenvalue weighted by Crippen LogP contribution is -2.03. The summed E-state index contributed by atoms with van der Waals surface area (Å²) in [4.78, 5) is 11.4. The van der Waals surface area contributed by atoms with Gasteiger partial charge >= 0.3 is 0 Å². The average Bonchev–Trinajstić information content (AvgIpc) is 2.92. The van der Waals surface area contributed by atoms with Crippen LogP contribution in [0.1, 0.15) is 22.1 Å². The maximum Gasteiger partial charge on any atom is 0.228 e. The average molecular weight is 377 g/mol. The van der Waals surface area contributed by atoms with Crippen LogP contribution in [0.3, 0.4) is 0 Å². The van der Waals surface area contributed by atoms with Crippen molar-refractivity contribution in [3.63, 3.8) is 0 Å². The van der Waals surface area contributed by atoms with Crippen LogP contribution in [0.4, 0.5) is 5.69 Å². The van der Waals surface area contributed by atoms with Gasteiger partial charge in [-0.2, -0.15) is 0 Å². The van der Waals surface area contributed by atoms with Crippen LogP contribution in [0.15, 0.2) is 27.4 Å². The minimum atomic E-state index is -0.309. The molecule has 1 aromatic heterocycles. The predicted octanol–water partition coefficient (Wildman–Crippen LogP) is 4.99. The molecule has 0 saturated heterocycles. The lowest BCUT2D eigenvalue weighted by atomic mass is 10.0. The Morgan fingerprint density at radius 2 is 2.16 bits per heavy atom. The molecule has 3 rings (SSSR count). The Labute approximate surface area is 132 Å². The smallest absolute Gasteiger partial charge is 0.228 e. The fourth-order valence-electron chi connectivity index (χ4n) is 2.10. The molecular formula is C13H8BrCl2NOS. The van der Waals surface area contributed by atoms with Crippen molar-refractivity contribution in [2.75, 3.05) is 5.32 Å². The third kappa shape index (κ3) is 2.55. The van der Waals surface area contributed by atoms with Crippen molar-refractivity contribution in [3.05, 3.63) is 49.1 Å². The third-order valence-corrected chi connectivity index (χ3v) is 5.34. The van der Waals surface area contributed by atoms with Gasteiger partial charge in [-0.1, -0.05) is 11.6 Å². The van der Waals surface area contributed by atoms with Gasteiger partial charge in [0.15, 0.2) is 0 Å². The quantitative estimate of drug-likeness (QED) is 0.735. The molecule has 0 saturated carbocycles. The molecule has 0 fully saturated rings. The summed E-state index contributed by atoms with van der Waals surface area (Å²) in [5.41, 5.74) is 3.57. The van der Waals surface area contributed by atoms with Crippen molar-refractivity contribution in [2.45, 2.75) is 11.8 Å². The number of alkyl halides is 1. The minimum Gasteiger partial charge on any atom is -0.325 e. The number of nitrogens with one attached hydrogen (secondary N) is 1. The molecule has 0 radical (unpaired) electrons. The molecule has 1 atom stereocenters. The van der Waals surface area contributed by atoms with E-state index in [1.807, 2.05) is 17.5 Å². The molecule has 1 aliphatic rings. The van der Waals surface area contributed by atoms with Gasteiger partial charge in [0, 0.05) is 10.7 Å². The van der Waals surface area contributed by atoms with Crippen LogP contribution in [0.5, 0.6) is 0 Å². The highest BCUT2D eigenvalue weighted by Gasteiger charge is 2.23. The van der Waals surface area contributed by atoms with E-state index in [1.165, 1.54) is 0 Å². The van der Waals surface area contributed by atoms with Gasteiger partial charge in [-0.25, -0.2) is 0 Å². The summed E-state index contributed by atoms with van der Waals surface area (Å²) in [5.74, 6) is -0.00684. The van der Waals surface area contributed by atoms with Gasteiger partial charge in [0.05, 0.1) is 15.6 Å². The molecule has 19 heavy (non-hydrogen) atoms. The topological polar surface area (TPSA) is 29.1 Å². The maximum absolute atomic E-state index is 11.4. The van der Waals surface area contributed by atoms with Crippen LogP contribution in [-0.2, 0) is 11.2 Å². The summed E-state index contributed by atoms with van der Waals surface area (Å²) in [7, 11) is 0. The molecule has 1 aliphatic heterocycles. The van der Waals surface area contributed by atoms with E-state index in [4.69, 9.17) is 23.2 Å². The zero-order valence-corrected chi connectivity index (χ0v) is 13.5. The number of hydrogen-bond donors (Lipinski definition) is 1. The number of hydrogen-bond acceptors (Lipinski definition) is 2. The number of carbonyl (C=O) groups excluding carboxylic acids is 1. The summed E-state index contributed by atoms with van der Waals surface area (Å²) in [5, 5.41) is 5.03. The predicted molar refractivity (Wildman–Crippen MR) is 83.5 cm³/mol. The fraction of sp³-hybridized carbons (Fsp3) is 0.154. The molecule has 2 aromatic rings. The molecule has 1 aromatic carbocycles. The van der Waals surface area contributed by atoms with E-state index in [0.29, 0.717) is 11.4 Å². The Hall–Kier alpha value is -0.550. The zero-order valence-electron chi connectivity index (χ0n) is 9.54. The van der Waals surface area contributed by atoms with Crippen molar-refractivity contribution in [2.24, 2.45) is 0 Å². The molecule has 98 valence electrons. The summed E-state index contributed by atoms with van der Waals surface area (Å²) in [6, 6.07) is 5.67. The van der Waals surface area contributed by atoms with E-state index in [-0.39, 0.29) is 11.3 Å². The monoisotopic (exact) mass is 375 g/mol. The van der Waals surface area contributed by atoms with Gasteiger partial charge in [-0.05, 0) is 56.2 Å². The van der Waals surface area contributed by atoms with Crippen LogP contribution >= 0.6 is 50.5 Å². The van der Waals surface area contributed by atoms with Gasteiger partial charge < -0.3 is 5.32 Å². The van der Waals surface area contributed by atoms with Crippen LogP contribution in [0.2, 0.25) is 5.02 Å². The highest BCUT2D eigenvalue weighted by atomic mass is 79.9. The van der Waals surface area contributed by atoms with Crippen LogP contribution < -0.4 is 5.32 Å². The Balaban J connectivity index is 2.02. The van der Waals surface area contributed by atoms with E-state index < -0.39 is 0 Å². The molecule has 1 amide bonds. The number of rotatable bonds is 2. The molecule has 2 heterocycles. The summed E-state index contributed by atoms with van der Waals surface area (Å²) >= 11 is 17.8. The van der Waals surface area contributed by atoms with E-state index in [1.54, 1.807) is 17.4 Å². The maximum atomic E-state index is 11.4. The van der Waals surface area contributed by atoms with Crippen LogP contribution in [0.25, 0.3) is 0 Å². The normalized spacial score (nSPS) is 15.2. The van der Waals surface area contributed by atoms with Crippen molar-refractivity contribution < 1.29 is 4.79 Å². The number of fused-ring (bicyclic) bond motifs is 1. The van der Waals surface area contributed by atoms with Gasteiger partial charge in [0.1, 0.15) is 0 Å². The standard InChI is InChI=1S/C13H8BrCl2NOS/c14-11-2-7(5-19-11)13(16)8-1-6-3-12(18)17-10(6)4-9(8)15/h1-2,4-5,13H,3H2,(H,17,18). The highest BCUT2D eigenvalue weighted by molar-refractivity contribution is 9.11. The van der Waals surface area contributed by atoms with Gasteiger partial charge in [-0.15, -0.1) is 22.9 Å². The Morgan fingerprint density at radius 1 is 1.37 bits per heavy atom. The van der Waals surface area contributed by atoms with E-state index >= 15 is 0 Å². The SMILES string of the molecule is O=C1Cc2cc(C(Cl)c3csc(Br)c3)c(Cl)cc2N1. The van der Waals surface area contributed by atoms with Gasteiger partial charge in [0.25, 0.3) is 0 Å². The van der Waals surface area contributed by atoms with Gasteiger partial charge in [0.2, 0.25) is 5.91 Å². The molecule has 0 spiro atoms. The van der Waals surface area contributed by atoms with E-state index in [9.17, 15) is 4.79 Å². The number of thiophene rings is 1. The molecule has 0 bridgehead atoms. The third-order valence-electron chi connectivity index (χ3n) is 3.00. The van der Waals surface area contributed by atoms with Gasteiger partial charge in [-0.3, -0.25) is 4.79 Å². The van der Waals surface area contributed by atoms with Crippen molar-refractivity contribution >= 4 is 62.1 Å². The molecule has 1 unspecified atom stereocenters. The van der Waals surface area contributed by atoms with Crippen LogP contribution in [-0.4, -0.2) is 5.91 Å². The Bertz CT molecular complexity index is 671. The Kier molecular flexibility index (Phi) is 3.60. The lowest BCUT2D eigenvalue weighted by Gasteiger charge is -2.12. The number of carbonyl (C=O) groups is 1. The first-order valence-electron chi connectivity index (χ1n) is 5.55. The second-order valence-corrected chi connectivity index (χ2v) is 7.44. The summed E-state index contributed by atoms with van der Waals surface area (Å²) < 4.78 is 1.03. The van der Waals surface area contributed by atoms with Crippen molar-refractivity contribution in [1.82, 2.24) is 0 Å². The first-order chi connectivity index (χ1) is 9.04. The number of anilines is 1. The molecule has 6 heteroatoms. The zero-order chi connectivity index (χ0) is 13.6. The number of amides is 1. The summed E-state index contributed by atoms with van der Waals surface area (Å²) in [6.45, 7) is 0. The molecule has 2 nitrogen and oxygen atoms in total. The lowest BCUT2D eigenvalue weighted by molar-refractivity contribution is -0.115. The Morgan fingerprint density at radius 3 is 2.84 bits per heavy atom. The molecule has 0 aliphatic carbocycles. The first-order valence-corrected chi connectivity index (χ1v) is 8.03. The van der Waals surface area contributed by atoms with Crippen molar-refractivity contribution in [3.8, 4) is 0 Å². The number of halogens is 3. The molecule has 1 N–H and O–H groups in total.